The van der Waals surface area contributed by atoms with Crippen LogP contribution in [0.4, 0.5) is 29.1 Å². The molecule has 1 aromatic heterocycles. The lowest BCUT2D eigenvalue weighted by Gasteiger charge is -2.30. The van der Waals surface area contributed by atoms with Gasteiger partial charge in [0.1, 0.15) is 30.0 Å². The second-order valence-electron chi connectivity index (χ2n) is 10.2. The average Bonchev–Trinajstić information content (AvgIpc) is 3.46. The number of nitrogens with zero attached hydrogens (tertiary/aromatic N) is 2. The fraction of sp³-hybridized carbons (Fsp3) is 0.481. The predicted molar refractivity (Wildman–Crippen MR) is 139 cm³/mol. The number of benzene rings is 2. The molecule has 0 saturated heterocycles. The van der Waals surface area contributed by atoms with Gasteiger partial charge in [-0.2, -0.15) is 8.78 Å². The molecule has 212 valence electrons. The molecule has 1 fully saturated rings. The monoisotopic (exact) mass is 552 g/mol. The number of hydrogen-bond donors (Lipinski definition) is 3. The van der Waals surface area contributed by atoms with Gasteiger partial charge in [-0.05, 0) is 57.5 Å². The van der Waals surface area contributed by atoms with E-state index in [1.165, 1.54) is 13.2 Å². The largest absolute Gasteiger partial charge is 0.493 e. The Morgan fingerprint density at radius 3 is 2.44 bits per heavy atom. The molecule has 0 amide bonds. The van der Waals surface area contributed by atoms with E-state index in [1.807, 2.05) is 0 Å². The predicted octanol–water partition coefficient (Wildman–Crippen LogP) is 5.37. The summed E-state index contributed by atoms with van der Waals surface area (Å²) in [6.07, 6.45) is -1.37. The Kier molecular flexibility index (Phi) is 7.56. The fourth-order valence-electron chi connectivity index (χ4n) is 4.10. The minimum absolute atomic E-state index is 0.0157. The van der Waals surface area contributed by atoms with Crippen molar-refractivity contribution in [2.24, 2.45) is 0 Å². The second-order valence-corrected chi connectivity index (χ2v) is 10.2. The number of nitrogens with two attached hydrogens (primary N) is 1. The summed E-state index contributed by atoms with van der Waals surface area (Å²) >= 11 is 0. The minimum Gasteiger partial charge on any atom is -0.493 e. The van der Waals surface area contributed by atoms with Gasteiger partial charge < -0.3 is 30.4 Å². The third kappa shape index (κ3) is 6.11. The van der Waals surface area contributed by atoms with Crippen LogP contribution in [0.15, 0.2) is 30.3 Å². The van der Waals surface area contributed by atoms with Gasteiger partial charge in [0, 0.05) is 29.1 Å². The van der Waals surface area contributed by atoms with Gasteiger partial charge in [0.25, 0.3) is 5.92 Å². The molecule has 1 unspecified atom stereocenters. The van der Waals surface area contributed by atoms with Crippen molar-refractivity contribution in [1.82, 2.24) is 9.97 Å². The van der Waals surface area contributed by atoms with Crippen molar-refractivity contribution >= 4 is 22.4 Å². The highest BCUT2D eigenvalue weighted by Gasteiger charge is 2.58. The number of halogens is 4. The quantitative estimate of drug-likeness (QED) is 0.165. The van der Waals surface area contributed by atoms with Crippen LogP contribution in [0.1, 0.15) is 50.2 Å². The zero-order valence-corrected chi connectivity index (χ0v) is 22.3. The number of hydrogen-bond acceptors (Lipinski definition) is 8. The summed E-state index contributed by atoms with van der Waals surface area (Å²) in [4.78, 5) is 8.95. The molecule has 4 rings (SSSR count). The van der Waals surface area contributed by atoms with E-state index in [9.17, 15) is 22.7 Å². The third-order valence-electron chi connectivity index (χ3n) is 6.48. The molecule has 0 radical (unpaired) electrons. The number of methoxy groups -OCH3 is 1. The number of alkyl halides is 4. The zero-order chi connectivity index (χ0) is 28.8. The Labute approximate surface area is 223 Å². The molecule has 0 aliphatic heterocycles. The normalized spacial score (nSPS) is 17.6. The number of nitrogens with one attached hydrogen (secondary N) is 1. The number of anilines is 2. The molecule has 2 atom stereocenters. The number of aryl methyl sites for hydroxylation is 1. The molecule has 12 heteroatoms. The van der Waals surface area contributed by atoms with Crippen LogP contribution in [-0.4, -0.2) is 53.0 Å². The van der Waals surface area contributed by atoms with Crippen LogP contribution in [0.2, 0.25) is 0 Å². The Morgan fingerprint density at radius 2 is 1.82 bits per heavy atom. The maximum atomic E-state index is 14.9. The van der Waals surface area contributed by atoms with Crippen molar-refractivity contribution in [3.63, 3.8) is 0 Å². The van der Waals surface area contributed by atoms with Gasteiger partial charge in [-0.25, -0.2) is 18.7 Å². The lowest BCUT2D eigenvalue weighted by Crippen LogP contribution is -2.40. The summed E-state index contributed by atoms with van der Waals surface area (Å²) in [6.45, 7) is 5.53. The average molecular weight is 553 g/mol. The number of ether oxygens (including phenoxy) is 3. The van der Waals surface area contributed by atoms with Crippen molar-refractivity contribution in [3.05, 3.63) is 47.3 Å². The molecule has 1 aliphatic rings. The zero-order valence-electron chi connectivity index (χ0n) is 22.3. The van der Waals surface area contributed by atoms with E-state index in [0.717, 1.165) is 19.9 Å². The summed E-state index contributed by atoms with van der Waals surface area (Å²) in [5.41, 5.74) is 4.35. The Bertz CT molecular complexity index is 1360. The van der Waals surface area contributed by atoms with E-state index in [-0.39, 0.29) is 25.3 Å². The van der Waals surface area contributed by atoms with E-state index in [4.69, 9.17) is 19.9 Å². The lowest BCUT2D eigenvalue weighted by molar-refractivity contribution is -0.168. The summed E-state index contributed by atoms with van der Waals surface area (Å²) in [7, 11) is 1.46. The van der Waals surface area contributed by atoms with E-state index in [1.54, 1.807) is 32.0 Å². The molecule has 2 aromatic carbocycles. The van der Waals surface area contributed by atoms with Crippen LogP contribution in [-0.2, 0) is 10.7 Å². The van der Waals surface area contributed by atoms with Crippen molar-refractivity contribution in [3.8, 4) is 11.5 Å². The lowest BCUT2D eigenvalue weighted by atomic mass is 9.91. The van der Waals surface area contributed by atoms with Crippen LogP contribution in [0.3, 0.4) is 0 Å². The minimum atomic E-state index is -3.54. The number of aromatic nitrogens is 2. The standard InChI is InChI=1S/C27H32F4N4O4/c1-14(16-8-17(10-18(32)9-16)27(30,31)25(3,4)36)33-24-19-11-22(38-6-7-39-23-13-26(23,28)29)21(37-5)12-20(19)34-15(2)35-24/h8-12,14,23,36H,6-7,13,32H2,1-5H3,(H,33,34,35)/t14-,23?/m1/s1. The fourth-order valence-corrected chi connectivity index (χ4v) is 4.10. The maximum absolute atomic E-state index is 14.9. The molecule has 0 bridgehead atoms. The number of aliphatic hydroxyl groups is 1. The molecule has 39 heavy (non-hydrogen) atoms. The maximum Gasteiger partial charge on any atom is 0.300 e. The highest BCUT2D eigenvalue weighted by atomic mass is 19.3. The van der Waals surface area contributed by atoms with Crippen molar-refractivity contribution in [2.45, 2.75) is 63.7 Å². The molecule has 1 heterocycles. The van der Waals surface area contributed by atoms with Gasteiger partial charge >= 0.3 is 5.92 Å². The summed E-state index contributed by atoms with van der Waals surface area (Å²) in [5, 5.41) is 13.8. The first-order valence-corrected chi connectivity index (χ1v) is 12.4. The van der Waals surface area contributed by atoms with E-state index in [0.29, 0.717) is 39.6 Å². The van der Waals surface area contributed by atoms with Gasteiger partial charge in [-0.3, -0.25) is 0 Å². The number of nitrogen functional groups attached to an aromatic ring is 1. The van der Waals surface area contributed by atoms with Crippen LogP contribution in [0.5, 0.6) is 11.5 Å². The van der Waals surface area contributed by atoms with Gasteiger partial charge in [0.2, 0.25) is 0 Å². The molecule has 0 spiro atoms. The first-order valence-electron chi connectivity index (χ1n) is 12.4. The van der Waals surface area contributed by atoms with Crippen molar-refractivity contribution < 1.29 is 36.9 Å². The molecule has 1 aliphatic carbocycles. The SMILES string of the molecule is COc1cc2nc(C)nc(N[C@H](C)c3cc(N)cc(C(F)(F)C(C)(C)O)c3)c2cc1OCCOC1CC1(F)F. The van der Waals surface area contributed by atoms with Crippen LogP contribution in [0.25, 0.3) is 10.9 Å². The second kappa shape index (κ2) is 10.3. The smallest absolute Gasteiger partial charge is 0.300 e. The molecular weight excluding hydrogens is 520 g/mol. The third-order valence-corrected chi connectivity index (χ3v) is 6.48. The van der Waals surface area contributed by atoms with Crippen molar-refractivity contribution in [1.29, 1.82) is 0 Å². The summed E-state index contributed by atoms with van der Waals surface area (Å²) < 4.78 is 72.1. The highest BCUT2D eigenvalue weighted by molar-refractivity contribution is 5.92. The first kappa shape index (κ1) is 28.6. The Hall–Kier alpha value is -3.38. The molecule has 3 aromatic rings. The van der Waals surface area contributed by atoms with E-state index in [2.05, 4.69) is 15.3 Å². The first-order chi connectivity index (χ1) is 18.1. The van der Waals surface area contributed by atoms with Gasteiger partial charge in [-0.15, -0.1) is 0 Å². The molecule has 1 saturated carbocycles. The van der Waals surface area contributed by atoms with Gasteiger partial charge in [0.05, 0.1) is 25.3 Å². The molecule has 4 N–H and O–H groups in total. The number of fused-ring (bicyclic) bond motifs is 1. The van der Waals surface area contributed by atoms with Crippen molar-refractivity contribution in [2.75, 3.05) is 31.4 Å². The Balaban J connectivity index is 1.61. The van der Waals surface area contributed by atoms with Gasteiger partial charge in [0.15, 0.2) is 11.5 Å². The molecular formula is C27H32F4N4O4. The summed E-state index contributed by atoms with van der Waals surface area (Å²) in [5.74, 6) is -4.75. The van der Waals surface area contributed by atoms with E-state index < -0.39 is 35.2 Å². The van der Waals surface area contributed by atoms with E-state index >= 15 is 0 Å². The van der Waals surface area contributed by atoms with Crippen LogP contribution < -0.4 is 20.5 Å². The Morgan fingerprint density at radius 1 is 1.13 bits per heavy atom. The molecule has 8 nitrogen and oxygen atoms in total. The summed E-state index contributed by atoms with van der Waals surface area (Å²) in [6, 6.07) is 6.79. The van der Waals surface area contributed by atoms with Crippen LogP contribution in [0, 0.1) is 6.92 Å². The topological polar surface area (TPSA) is 112 Å². The number of rotatable bonds is 11. The van der Waals surface area contributed by atoms with Gasteiger partial charge in [-0.1, -0.05) is 0 Å². The van der Waals surface area contributed by atoms with Crippen LogP contribution >= 0.6 is 0 Å². The highest BCUT2D eigenvalue weighted by Crippen LogP contribution is 2.44.